The van der Waals surface area contributed by atoms with Crippen molar-refractivity contribution in [2.45, 2.75) is 45.2 Å². The number of hydrogen-bond acceptors (Lipinski definition) is 3. The second kappa shape index (κ2) is 7.28. The molecule has 1 N–H and O–H groups in total. The topological polar surface area (TPSA) is 50.2 Å². The van der Waals surface area contributed by atoms with E-state index in [2.05, 4.69) is 21.8 Å². The van der Waals surface area contributed by atoms with Crippen LogP contribution < -0.4 is 5.32 Å². The van der Waals surface area contributed by atoms with Crippen LogP contribution in [0.5, 0.6) is 0 Å². The van der Waals surface area contributed by atoms with Crippen LogP contribution in [-0.2, 0) is 11.3 Å². The fourth-order valence-electron chi connectivity index (χ4n) is 2.53. The molecule has 1 aromatic rings. The monoisotopic (exact) mass is 264 g/mol. The van der Waals surface area contributed by atoms with Gasteiger partial charge in [0.15, 0.2) is 0 Å². The van der Waals surface area contributed by atoms with Crippen LogP contribution in [-0.4, -0.2) is 46.0 Å². The van der Waals surface area contributed by atoms with Gasteiger partial charge in [0.25, 0.3) is 0 Å². The summed E-state index contributed by atoms with van der Waals surface area (Å²) in [5.74, 6) is 0.283. The Morgan fingerprint density at radius 1 is 1.47 bits per heavy atom. The Balaban J connectivity index is 1.74. The first-order valence-electron chi connectivity index (χ1n) is 7.29. The van der Waals surface area contributed by atoms with Gasteiger partial charge in [-0.1, -0.05) is 6.92 Å². The summed E-state index contributed by atoms with van der Waals surface area (Å²) in [7, 11) is 0. The Morgan fingerprint density at radius 2 is 2.37 bits per heavy atom. The average Bonchev–Trinajstić information content (AvgIpc) is 2.92. The first-order chi connectivity index (χ1) is 9.31. The molecule has 5 nitrogen and oxygen atoms in total. The number of rotatable bonds is 7. The van der Waals surface area contributed by atoms with Crippen molar-refractivity contribution < 1.29 is 4.79 Å². The second-order valence-electron chi connectivity index (χ2n) is 5.13. The Hall–Kier alpha value is -1.36. The fourth-order valence-corrected chi connectivity index (χ4v) is 2.53. The number of piperidine rings is 1. The molecular weight excluding hydrogens is 240 g/mol. The molecule has 0 saturated carbocycles. The van der Waals surface area contributed by atoms with Gasteiger partial charge in [-0.15, -0.1) is 0 Å². The molecule has 2 heterocycles. The van der Waals surface area contributed by atoms with Crippen LogP contribution in [0.25, 0.3) is 0 Å². The summed E-state index contributed by atoms with van der Waals surface area (Å²) < 4.78 is 2.06. The number of nitrogens with zero attached hydrogens (tertiary/aromatic N) is 3. The predicted octanol–water partition coefficient (Wildman–Crippen LogP) is 1.26. The predicted molar refractivity (Wildman–Crippen MR) is 74.7 cm³/mol. The van der Waals surface area contributed by atoms with E-state index in [0.29, 0.717) is 0 Å². The Morgan fingerprint density at radius 3 is 3.11 bits per heavy atom. The molecule has 0 radical (unpaired) electrons. The average molecular weight is 264 g/mol. The van der Waals surface area contributed by atoms with E-state index in [9.17, 15) is 4.79 Å². The molecule has 0 aliphatic carbocycles. The quantitative estimate of drug-likeness (QED) is 0.806. The third-order valence-corrected chi connectivity index (χ3v) is 3.57. The molecule has 5 heteroatoms. The first-order valence-corrected chi connectivity index (χ1v) is 7.29. The van der Waals surface area contributed by atoms with Gasteiger partial charge in [-0.2, -0.15) is 0 Å². The van der Waals surface area contributed by atoms with E-state index >= 15 is 0 Å². The Labute approximate surface area is 115 Å². The minimum atomic E-state index is 0.0435. The van der Waals surface area contributed by atoms with Crippen molar-refractivity contribution in [2.75, 3.05) is 19.6 Å². The normalized spacial score (nSPS) is 19.9. The van der Waals surface area contributed by atoms with Crippen LogP contribution in [0.15, 0.2) is 18.7 Å². The van der Waals surface area contributed by atoms with Crippen molar-refractivity contribution in [2.24, 2.45) is 0 Å². The molecule has 0 aromatic carbocycles. The molecule has 1 fully saturated rings. The Kier molecular flexibility index (Phi) is 5.39. The zero-order valence-corrected chi connectivity index (χ0v) is 11.7. The summed E-state index contributed by atoms with van der Waals surface area (Å²) >= 11 is 0. The van der Waals surface area contributed by atoms with E-state index in [4.69, 9.17) is 0 Å². The molecule has 0 bridgehead atoms. The lowest BCUT2D eigenvalue weighted by molar-refractivity contribution is -0.136. The van der Waals surface area contributed by atoms with Gasteiger partial charge in [0, 0.05) is 32.0 Å². The molecule has 106 valence electrons. The van der Waals surface area contributed by atoms with Crippen LogP contribution >= 0.6 is 0 Å². The molecule has 2 rings (SSSR count). The molecule has 1 aliphatic rings. The van der Waals surface area contributed by atoms with Gasteiger partial charge in [-0.05, 0) is 32.2 Å². The number of likely N-dealkylation sites (tertiary alicyclic amines) is 1. The van der Waals surface area contributed by atoms with Gasteiger partial charge in [-0.25, -0.2) is 4.98 Å². The molecule has 1 amide bonds. The van der Waals surface area contributed by atoms with E-state index in [0.717, 1.165) is 51.9 Å². The maximum absolute atomic E-state index is 12.3. The highest BCUT2D eigenvalue weighted by molar-refractivity contribution is 5.82. The lowest BCUT2D eigenvalue weighted by Gasteiger charge is -2.32. The molecular formula is C14H24N4O. The third-order valence-electron chi connectivity index (χ3n) is 3.57. The molecule has 1 saturated heterocycles. The third kappa shape index (κ3) is 4.06. The number of carbonyl (C=O) groups is 1. The molecule has 1 unspecified atom stereocenters. The van der Waals surface area contributed by atoms with Gasteiger partial charge in [0.05, 0.1) is 12.4 Å². The summed E-state index contributed by atoms with van der Waals surface area (Å²) in [4.78, 5) is 18.3. The van der Waals surface area contributed by atoms with Crippen LogP contribution in [0.3, 0.4) is 0 Å². The van der Waals surface area contributed by atoms with Crippen molar-refractivity contribution in [3.05, 3.63) is 18.7 Å². The fraction of sp³-hybridized carbons (Fsp3) is 0.714. The number of amides is 1. The second-order valence-corrected chi connectivity index (χ2v) is 5.13. The highest BCUT2D eigenvalue weighted by atomic mass is 16.2. The standard InChI is InChI=1S/C14H24N4O/c1-2-6-16-13-5-3-9-18(14(13)19)10-4-8-17-11-7-15-12-17/h7,11-13,16H,2-6,8-10H2,1H3. The summed E-state index contributed by atoms with van der Waals surface area (Å²) in [6.07, 6.45) is 9.73. The number of nitrogens with one attached hydrogen (secondary N) is 1. The van der Waals surface area contributed by atoms with Crippen LogP contribution in [0.4, 0.5) is 0 Å². The number of aryl methyl sites for hydroxylation is 1. The largest absolute Gasteiger partial charge is 0.341 e. The van der Waals surface area contributed by atoms with Gasteiger partial charge in [0.1, 0.15) is 0 Å². The van der Waals surface area contributed by atoms with Gasteiger partial charge in [-0.3, -0.25) is 4.79 Å². The van der Waals surface area contributed by atoms with Crippen molar-refractivity contribution in [3.63, 3.8) is 0 Å². The lowest BCUT2D eigenvalue weighted by Crippen LogP contribution is -2.51. The van der Waals surface area contributed by atoms with E-state index in [1.165, 1.54) is 0 Å². The van der Waals surface area contributed by atoms with Crippen molar-refractivity contribution >= 4 is 5.91 Å². The van der Waals surface area contributed by atoms with Gasteiger partial charge >= 0.3 is 0 Å². The maximum atomic E-state index is 12.3. The smallest absolute Gasteiger partial charge is 0.239 e. The van der Waals surface area contributed by atoms with Crippen LogP contribution in [0, 0.1) is 0 Å². The van der Waals surface area contributed by atoms with E-state index in [1.54, 1.807) is 6.20 Å². The zero-order chi connectivity index (χ0) is 13.5. The van der Waals surface area contributed by atoms with Gasteiger partial charge < -0.3 is 14.8 Å². The summed E-state index contributed by atoms with van der Waals surface area (Å²) in [6.45, 7) is 5.74. The van der Waals surface area contributed by atoms with E-state index < -0.39 is 0 Å². The van der Waals surface area contributed by atoms with E-state index in [1.807, 2.05) is 17.4 Å². The van der Waals surface area contributed by atoms with Crippen molar-refractivity contribution in [3.8, 4) is 0 Å². The minimum Gasteiger partial charge on any atom is -0.341 e. The summed E-state index contributed by atoms with van der Waals surface area (Å²) in [6, 6.07) is 0.0435. The van der Waals surface area contributed by atoms with Crippen molar-refractivity contribution in [1.82, 2.24) is 19.8 Å². The lowest BCUT2D eigenvalue weighted by atomic mass is 10.0. The number of carbonyl (C=O) groups excluding carboxylic acids is 1. The van der Waals surface area contributed by atoms with Crippen LogP contribution in [0.1, 0.15) is 32.6 Å². The number of imidazole rings is 1. The van der Waals surface area contributed by atoms with Gasteiger partial charge in [0.2, 0.25) is 5.91 Å². The molecule has 1 aromatic heterocycles. The van der Waals surface area contributed by atoms with Crippen molar-refractivity contribution in [1.29, 1.82) is 0 Å². The zero-order valence-electron chi connectivity index (χ0n) is 11.7. The number of aromatic nitrogens is 2. The molecule has 1 atom stereocenters. The molecule has 1 aliphatic heterocycles. The summed E-state index contributed by atoms with van der Waals surface area (Å²) in [5.41, 5.74) is 0. The highest BCUT2D eigenvalue weighted by Gasteiger charge is 2.27. The minimum absolute atomic E-state index is 0.0435. The summed E-state index contributed by atoms with van der Waals surface area (Å²) in [5, 5.41) is 3.35. The van der Waals surface area contributed by atoms with E-state index in [-0.39, 0.29) is 11.9 Å². The SMILES string of the molecule is CCCNC1CCCN(CCCn2ccnc2)C1=O. The maximum Gasteiger partial charge on any atom is 0.239 e. The first kappa shape index (κ1) is 14.1. The Bertz CT molecular complexity index is 377. The molecule has 19 heavy (non-hydrogen) atoms. The van der Waals surface area contributed by atoms with Crippen LogP contribution in [0.2, 0.25) is 0 Å². The molecule has 0 spiro atoms. The highest BCUT2D eigenvalue weighted by Crippen LogP contribution is 2.12. The number of hydrogen-bond donors (Lipinski definition) is 1.